The Morgan fingerprint density at radius 1 is 0.531 bits per heavy atom. The lowest BCUT2D eigenvalue weighted by molar-refractivity contribution is 0.660. The Bertz CT molecular complexity index is 1460. The summed E-state index contributed by atoms with van der Waals surface area (Å²) in [4.78, 5) is 0. The number of anilines is 2. The van der Waals surface area contributed by atoms with Crippen LogP contribution in [0.4, 0.5) is 11.4 Å². The highest BCUT2D eigenvalue weighted by Gasteiger charge is 2.36. The van der Waals surface area contributed by atoms with Gasteiger partial charge in [-0.05, 0) is 45.2 Å². The van der Waals surface area contributed by atoms with Gasteiger partial charge in [-0.1, -0.05) is 111 Å². The standard InChI is InChI=1S/C31H25N/c1-31(2)25-16-9-8-15-24(25)30-26(31)17-10-18-27(30)32-28-20-19-21-11-6-7-14-23(21)29(28)22-12-4-3-5-13-22/h3-20,32H,1-2H3. The minimum absolute atomic E-state index is 0.00470. The third-order valence-electron chi connectivity index (χ3n) is 6.87. The van der Waals surface area contributed by atoms with Gasteiger partial charge in [-0.3, -0.25) is 0 Å². The van der Waals surface area contributed by atoms with E-state index in [0.29, 0.717) is 0 Å². The van der Waals surface area contributed by atoms with Crippen molar-refractivity contribution >= 4 is 22.1 Å². The van der Waals surface area contributed by atoms with E-state index in [2.05, 4.69) is 128 Å². The fourth-order valence-electron chi connectivity index (χ4n) is 5.30. The van der Waals surface area contributed by atoms with Gasteiger partial charge in [0.05, 0.1) is 0 Å². The molecule has 0 atom stereocenters. The second kappa shape index (κ2) is 7.10. The summed E-state index contributed by atoms with van der Waals surface area (Å²) in [7, 11) is 0. The molecule has 5 aromatic rings. The Hall–Kier alpha value is -3.84. The summed E-state index contributed by atoms with van der Waals surface area (Å²) in [6.45, 7) is 4.65. The fraction of sp³-hybridized carbons (Fsp3) is 0.0968. The van der Waals surface area contributed by atoms with Crippen molar-refractivity contribution in [2.45, 2.75) is 19.3 Å². The van der Waals surface area contributed by atoms with E-state index in [4.69, 9.17) is 0 Å². The quantitative estimate of drug-likeness (QED) is 0.313. The zero-order chi connectivity index (χ0) is 21.7. The Labute approximate surface area is 189 Å². The van der Waals surface area contributed by atoms with Gasteiger partial charge >= 0.3 is 0 Å². The smallest absolute Gasteiger partial charge is 0.0470 e. The summed E-state index contributed by atoms with van der Waals surface area (Å²) in [5, 5.41) is 6.35. The third kappa shape index (κ3) is 2.78. The number of benzene rings is 5. The molecule has 0 radical (unpaired) electrons. The molecule has 1 N–H and O–H groups in total. The molecule has 1 aliphatic carbocycles. The van der Waals surface area contributed by atoms with E-state index in [-0.39, 0.29) is 5.41 Å². The number of fused-ring (bicyclic) bond motifs is 4. The van der Waals surface area contributed by atoms with Gasteiger partial charge in [-0.15, -0.1) is 0 Å². The molecule has 0 saturated heterocycles. The maximum Gasteiger partial charge on any atom is 0.0470 e. The normalized spacial score (nSPS) is 13.6. The number of hydrogen-bond acceptors (Lipinski definition) is 1. The number of nitrogens with one attached hydrogen (secondary N) is 1. The monoisotopic (exact) mass is 411 g/mol. The van der Waals surface area contributed by atoms with Crippen molar-refractivity contribution in [1.82, 2.24) is 0 Å². The largest absolute Gasteiger partial charge is 0.354 e. The van der Waals surface area contributed by atoms with Gasteiger partial charge in [0, 0.05) is 27.9 Å². The number of rotatable bonds is 3. The van der Waals surface area contributed by atoms with Crippen LogP contribution < -0.4 is 5.32 Å². The van der Waals surface area contributed by atoms with Crippen molar-refractivity contribution in [3.8, 4) is 22.3 Å². The SMILES string of the molecule is CC1(C)c2ccccc2-c2c(Nc3ccc4ccccc4c3-c3ccccc3)cccc21. The molecule has 0 saturated carbocycles. The molecular formula is C31H25N. The average molecular weight is 412 g/mol. The maximum absolute atomic E-state index is 3.84. The molecule has 0 bridgehead atoms. The van der Waals surface area contributed by atoms with E-state index in [1.807, 2.05) is 0 Å². The van der Waals surface area contributed by atoms with Crippen LogP contribution in [0.5, 0.6) is 0 Å². The van der Waals surface area contributed by atoms with Gasteiger partial charge in [-0.2, -0.15) is 0 Å². The molecular weight excluding hydrogens is 386 g/mol. The summed E-state index contributed by atoms with van der Waals surface area (Å²) in [5.74, 6) is 0. The van der Waals surface area contributed by atoms with Crippen LogP contribution in [0, 0.1) is 0 Å². The molecule has 1 heteroatoms. The van der Waals surface area contributed by atoms with Crippen LogP contribution in [-0.2, 0) is 5.41 Å². The minimum Gasteiger partial charge on any atom is -0.354 e. The maximum atomic E-state index is 3.84. The first-order chi connectivity index (χ1) is 15.6. The third-order valence-corrected chi connectivity index (χ3v) is 6.87. The first-order valence-corrected chi connectivity index (χ1v) is 11.2. The molecule has 1 aliphatic rings. The average Bonchev–Trinajstić information content (AvgIpc) is 3.07. The van der Waals surface area contributed by atoms with E-state index in [9.17, 15) is 0 Å². The van der Waals surface area contributed by atoms with E-state index in [0.717, 1.165) is 11.4 Å². The summed E-state index contributed by atoms with van der Waals surface area (Å²) >= 11 is 0. The Kier molecular flexibility index (Phi) is 4.19. The van der Waals surface area contributed by atoms with Crippen LogP contribution in [0.2, 0.25) is 0 Å². The fourth-order valence-corrected chi connectivity index (χ4v) is 5.30. The van der Waals surface area contributed by atoms with Gasteiger partial charge in [0.15, 0.2) is 0 Å². The van der Waals surface area contributed by atoms with E-state index in [1.165, 1.54) is 44.2 Å². The van der Waals surface area contributed by atoms with Crippen molar-refractivity contribution in [3.63, 3.8) is 0 Å². The van der Waals surface area contributed by atoms with Crippen LogP contribution in [-0.4, -0.2) is 0 Å². The van der Waals surface area contributed by atoms with Crippen molar-refractivity contribution in [2.75, 3.05) is 5.32 Å². The molecule has 0 unspecified atom stereocenters. The topological polar surface area (TPSA) is 12.0 Å². The molecule has 0 spiro atoms. The van der Waals surface area contributed by atoms with Gasteiger partial charge in [0.25, 0.3) is 0 Å². The summed E-state index contributed by atoms with van der Waals surface area (Å²) in [6, 6.07) is 39.2. The predicted octanol–water partition coefficient (Wildman–Crippen LogP) is 8.56. The molecule has 1 nitrogen and oxygen atoms in total. The summed E-state index contributed by atoms with van der Waals surface area (Å²) < 4.78 is 0. The zero-order valence-corrected chi connectivity index (χ0v) is 18.4. The molecule has 0 heterocycles. The van der Waals surface area contributed by atoms with E-state index < -0.39 is 0 Å². The van der Waals surface area contributed by atoms with E-state index >= 15 is 0 Å². The van der Waals surface area contributed by atoms with Gasteiger partial charge in [-0.25, -0.2) is 0 Å². The lowest BCUT2D eigenvalue weighted by atomic mass is 9.82. The van der Waals surface area contributed by atoms with Crippen molar-refractivity contribution in [2.24, 2.45) is 0 Å². The Morgan fingerprint density at radius 2 is 1.22 bits per heavy atom. The molecule has 0 aliphatic heterocycles. The van der Waals surface area contributed by atoms with Gasteiger partial charge in [0.2, 0.25) is 0 Å². The molecule has 154 valence electrons. The second-order valence-electron chi connectivity index (χ2n) is 9.10. The van der Waals surface area contributed by atoms with Crippen LogP contribution in [0.3, 0.4) is 0 Å². The van der Waals surface area contributed by atoms with E-state index in [1.54, 1.807) is 0 Å². The Balaban J connectivity index is 1.57. The molecule has 0 amide bonds. The van der Waals surface area contributed by atoms with Gasteiger partial charge < -0.3 is 5.32 Å². The minimum atomic E-state index is -0.00470. The molecule has 0 fully saturated rings. The lowest BCUT2D eigenvalue weighted by Gasteiger charge is -2.22. The highest BCUT2D eigenvalue weighted by molar-refractivity contribution is 6.04. The highest BCUT2D eigenvalue weighted by Crippen LogP contribution is 2.52. The summed E-state index contributed by atoms with van der Waals surface area (Å²) in [5.41, 5.74) is 10.2. The van der Waals surface area contributed by atoms with Crippen molar-refractivity contribution < 1.29 is 0 Å². The number of hydrogen-bond donors (Lipinski definition) is 1. The summed E-state index contributed by atoms with van der Waals surface area (Å²) in [6.07, 6.45) is 0. The van der Waals surface area contributed by atoms with Crippen LogP contribution in [0.25, 0.3) is 33.0 Å². The molecule has 5 aromatic carbocycles. The lowest BCUT2D eigenvalue weighted by Crippen LogP contribution is -2.14. The Morgan fingerprint density at radius 3 is 2.09 bits per heavy atom. The van der Waals surface area contributed by atoms with Crippen LogP contribution >= 0.6 is 0 Å². The molecule has 32 heavy (non-hydrogen) atoms. The second-order valence-corrected chi connectivity index (χ2v) is 9.10. The van der Waals surface area contributed by atoms with Crippen molar-refractivity contribution in [3.05, 3.63) is 120 Å². The van der Waals surface area contributed by atoms with Crippen molar-refractivity contribution in [1.29, 1.82) is 0 Å². The van der Waals surface area contributed by atoms with Crippen LogP contribution in [0.1, 0.15) is 25.0 Å². The molecule has 0 aromatic heterocycles. The van der Waals surface area contributed by atoms with Crippen LogP contribution in [0.15, 0.2) is 109 Å². The first kappa shape index (κ1) is 18.9. The molecule has 6 rings (SSSR count). The zero-order valence-electron chi connectivity index (χ0n) is 18.4. The van der Waals surface area contributed by atoms with Gasteiger partial charge in [0.1, 0.15) is 0 Å². The first-order valence-electron chi connectivity index (χ1n) is 11.2. The highest BCUT2D eigenvalue weighted by atomic mass is 14.9. The predicted molar refractivity (Wildman–Crippen MR) is 137 cm³/mol.